The van der Waals surface area contributed by atoms with Crippen molar-refractivity contribution in [1.29, 1.82) is 0 Å². The zero-order chi connectivity index (χ0) is 12.5. The molecule has 7 heteroatoms. The summed E-state index contributed by atoms with van der Waals surface area (Å²) in [4.78, 5) is 20.9. The molecule has 5 nitrogen and oxygen atoms in total. The van der Waals surface area contributed by atoms with Gasteiger partial charge in [-0.1, -0.05) is 0 Å². The van der Waals surface area contributed by atoms with Crippen LogP contribution in [0.3, 0.4) is 0 Å². The van der Waals surface area contributed by atoms with Crippen molar-refractivity contribution in [2.45, 2.75) is 6.54 Å². The van der Waals surface area contributed by atoms with Crippen molar-refractivity contribution in [2.24, 2.45) is 0 Å². The number of aromatic amines is 2. The van der Waals surface area contributed by atoms with E-state index in [0.717, 1.165) is 26.9 Å². The van der Waals surface area contributed by atoms with Gasteiger partial charge < -0.3 is 15.3 Å². The molecule has 1 aromatic carbocycles. The Balaban J connectivity index is 1.91. The van der Waals surface area contributed by atoms with Gasteiger partial charge in [-0.05, 0) is 28.1 Å². The van der Waals surface area contributed by atoms with E-state index in [1.54, 1.807) is 16.8 Å². The van der Waals surface area contributed by atoms with Crippen LogP contribution in [0, 0.1) is 0 Å². The van der Waals surface area contributed by atoms with E-state index in [1.165, 1.54) is 0 Å². The maximum atomic E-state index is 11.2. The molecular formula is C11H9BrN4OS. The van der Waals surface area contributed by atoms with Crippen molar-refractivity contribution in [2.75, 3.05) is 5.32 Å². The predicted molar refractivity (Wildman–Crippen MR) is 76.1 cm³/mol. The number of nitrogens with zero attached hydrogens (tertiary/aromatic N) is 1. The van der Waals surface area contributed by atoms with Crippen molar-refractivity contribution in [3.8, 4) is 0 Å². The van der Waals surface area contributed by atoms with Gasteiger partial charge in [-0.15, -0.1) is 11.3 Å². The summed E-state index contributed by atoms with van der Waals surface area (Å²) >= 11 is 5.04. The molecule has 18 heavy (non-hydrogen) atoms. The Morgan fingerprint density at radius 2 is 2.11 bits per heavy atom. The fraction of sp³-hybridized carbons (Fsp3) is 0.0909. The molecule has 92 valence electrons. The highest BCUT2D eigenvalue weighted by Crippen LogP contribution is 2.26. The molecule has 0 atom stereocenters. The normalized spacial score (nSPS) is 10.9. The Morgan fingerprint density at radius 1 is 1.33 bits per heavy atom. The molecule has 0 spiro atoms. The standard InChI is InChI=1S/C11H9BrN4OS/c12-7-1-9-10(16-11(17)15-9)2-8(7)13-3-6-4-18-5-14-6/h1-2,4-5,13H,3H2,(H2,15,16,17). The molecule has 0 saturated heterocycles. The fourth-order valence-corrected chi connectivity index (χ4v) is 2.74. The van der Waals surface area contributed by atoms with Crippen molar-refractivity contribution in [3.05, 3.63) is 43.7 Å². The Morgan fingerprint density at radius 3 is 2.83 bits per heavy atom. The smallest absolute Gasteiger partial charge is 0.323 e. The van der Waals surface area contributed by atoms with E-state index in [1.807, 2.05) is 17.5 Å². The van der Waals surface area contributed by atoms with E-state index in [4.69, 9.17) is 0 Å². The topological polar surface area (TPSA) is 73.6 Å². The van der Waals surface area contributed by atoms with Crippen molar-refractivity contribution >= 4 is 44.0 Å². The Bertz CT molecular complexity index is 731. The van der Waals surface area contributed by atoms with Crippen LogP contribution < -0.4 is 11.0 Å². The molecular weight excluding hydrogens is 316 g/mol. The second kappa shape index (κ2) is 4.58. The number of rotatable bonds is 3. The van der Waals surface area contributed by atoms with Gasteiger partial charge in [0.15, 0.2) is 0 Å². The van der Waals surface area contributed by atoms with Gasteiger partial charge in [-0.25, -0.2) is 9.78 Å². The van der Waals surface area contributed by atoms with E-state index in [-0.39, 0.29) is 5.69 Å². The molecule has 0 aliphatic rings. The fourth-order valence-electron chi connectivity index (χ4n) is 1.70. The average Bonchev–Trinajstić information content (AvgIpc) is 2.94. The minimum atomic E-state index is -0.200. The van der Waals surface area contributed by atoms with Crippen LogP contribution in [-0.4, -0.2) is 15.0 Å². The summed E-state index contributed by atoms with van der Waals surface area (Å²) in [6, 6.07) is 3.76. The summed E-state index contributed by atoms with van der Waals surface area (Å²) in [5.41, 5.74) is 5.09. The maximum Gasteiger partial charge on any atom is 0.323 e. The number of halogens is 1. The Kier molecular flexibility index (Phi) is 2.92. The van der Waals surface area contributed by atoms with Gasteiger partial charge in [0, 0.05) is 9.85 Å². The highest BCUT2D eigenvalue weighted by atomic mass is 79.9. The second-order valence-corrected chi connectivity index (χ2v) is 5.36. The number of hydrogen-bond donors (Lipinski definition) is 3. The van der Waals surface area contributed by atoms with Crippen LogP contribution in [0.25, 0.3) is 11.0 Å². The number of hydrogen-bond acceptors (Lipinski definition) is 4. The number of fused-ring (bicyclic) bond motifs is 1. The molecule has 3 aromatic rings. The number of benzene rings is 1. The molecule has 0 fully saturated rings. The van der Waals surface area contributed by atoms with Crippen LogP contribution in [0.1, 0.15) is 5.69 Å². The lowest BCUT2D eigenvalue weighted by Gasteiger charge is -2.07. The summed E-state index contributed by atoms with van der Waals surface area (Å²) in [6.07, 6.45) is 0. The lowest BCUT2D eigenvalue weighted by molar-refractivity contribution is 1.07. The highest BCUT2D eigenvalue weighted by molar-refractivity contribution is 9.10. The third-order valence-electron chi connectivity index (χ3n) is 2.55. The summed E-state index contributed by atoms with van der Waals surface area (Å²) in [5.74, 6) is 0. The Labute approximate surface area is 114 Å². The van der Waals surface area contributed by atoms with E-state index in [0.29, 0.717) is 6.54 Å². The molecule has 0 saturated carbocycles. The van der Waals surface area contributed by atoms with E-state index < -0.39 is 0 Å². The van der Waals surface area contributed by atoms with E-state index >= 15 is 0 Å². The van der Waals surface area contributed by atoms with Crippen LogP contribution in [0.2, 0.25) is 0 Å². The summed E-state index contributed by atoms with van der Waals surface area (Å²) in [7, 11) is 0. The summed E-state index contributed by atoms with van der Waals surface area (Å²) < 4.78 is 0.903. The lowest BCUT2D eigenvalue weighted by atomic mass is 10.2. The quantitative estimate of drug-likeness (QED) is 0.693. The zero-order valence-electron chi connectivity index (χ0n) is 9.16. The lowest BCUT2D eigenvalue weighted by Crippen LogP contribution is -2.00. The van der Waals surface area contributed by atoms with Crippen LogP contribution in [0.4, 0.5) is 5.69 Å². The highest BCUT2D eigenvalue weighted by Gasteiger charge is 2.05. The molecule has 0 aliphatic heterocycles. The number of anilines is 1. The van der Waals surface area contributed by atoms with Gasteiger partial charge in [-0.2, -0.15) is 0 Å². The van der Waals surface area contributed by atoms with Gasteiger partial charge in [0.1, 0.15) is 0 Å². The molecule has 3 N–H and O–H groups in total. The van der Waals surface area contributed by atoms with Gasteiger partial charge in [0.05, 0.1) is 34.5 Å². The van der Waals surface area contributed by atoms with Crippen LogP contribution in [0.15, 0.2) is 32.3 Å². The first-order valence-electron chi connectivity index (χ1n) is 5.25. The maximum absolute atomic E-state index is 11.2. The van der Waals surface area contributed by atoms with Crippen LogP contribution in [-0.2, 0) is 6.54 Å². The molecule has 0 bridgehead atoms. The van der Waals surface area contributed by atoms with Gasteiger partial charge >= 0.3 is 5.69 Å². The van der Waals surface area contributed by atoms with Crippen molar-refractivity contribution in [1.82, 2.24) is 15.0 Å². The molecule has 2 heterocycles. The predicted octanol–water partition coefficient (Wildman–Crippen LogP) is 2.69. The number of nitrogens with one attached hydrogen (secondary N) is 3. The largest absolute Gasteiger partial charge is 0.378 e. The summed E-state index contributed by atoms with van der Waals surface area (Å²) in [6.45, 7) is 0.655. The number of aromatic nitrogens is 3. The second-order valence-electron chi connectivity index (χ2n) is 3.79. The minimum Gasteiger partial charge on any atom is -0.378 e. The van der Waals surface area contributed by atoms with Crippen molar-refractivity contribution in [3.63, 3.8) is 0 Å². The molecule has 0 unspecified atom stereocenters. The first-order chi connectivity index (χ1) is 8.72. The Hall–Kier alpha value is -1.60. The van der Waals surface area contributed by atoms with E-state index in [9.17, 15) is 4.79 Å². The van der Waals surface area contributed by atoms with Crippen LogP contribution in [0.5, 0.6) is 0 Å². The monoisotopic (exact) mass is 324 g/mol. The van der Waals surface area contributed by atoms with Gasteiger partial charge in [0.2, 0.25) is 0 Å². The van der Waals surface area contributed by atoms with Crippen LogP contribution >= 0.6 is 27.3 Å². The number of thiazole rings is 1. The molecule has 3 rings (SSSR count). The summed E-state index contributed by atoms with van der Waals surface area (Å²) in [5, 5.41) is 5.28. The van der Waals surface area contributed by atoms with Gasteiger partial charge in [0.25, 0.3) is 0 Å². The third-order valence-corrected chi connectivity index (χ3v) is 3.84. The third kappa shape index (κ3) is 2.19. The number of imidazole rings is 1. The average molecular weight is 325 g/mol. The first-order valence-corrected chi connectivity index (χ1v) is 6.98. The minimum absolute atomic E-state index is 0.200. The molecule has 2 aromatic heterocycles. The van der Waals surface area contributed by atoms with Gasteiger partial charge in [-0.3, -0.25) is 0 Å². The van der Waals surface area contributed by atoms with E-state index in [2.05, 4.69) is 36.2 Å². The molecule has 0 radical (unpaired) electrons. The SMILES string of the molecule is O=c1[nH]c2cc(Br)c(NCc3cscn3)cc2[nH]1. The molecule has 0 amide bonds. The number of H-pyrrole nitrogens is 2. The van der Waals surface area contributed by atoms with Crippen molar-refractivity contribution < 1.29 is 0 Å². The molecule has 0 aliphatic carbocycles. The first kappa shape index (κ1) is 11.5. The zero-order valence-corrected chi connectivity index (χ0v) is 11.6.